The number of fused-ring (bicyclic) bond motifs is 1. The Kier molecular flexibility index (Phi) is 6.98. The smallest absolute Gasteiger partial charge is 0.303 e. The molecule has 0 aliphatic rings. The molecule has 0 radical (unpaired) electrons. The first-order valence-corrected chi connectivity index (χ1v) is 11.3. The minimum absolute atomic E-state index is 0.112. The van der Waals surface area contributed by atoms with Crippen molar-refractivity contribution in [3.63, 3.8) is 0 Å². The summed E-state index contributed by atoms with van der Waals surface area (Å²) in [6.45, 7) is 5.29. The second kappa shape index (κ2) is 10.3. The first kappa shape index (κ1) is 22.5. The lowest BCUT2D eigenvalue weighted by Crippen LogP contribution is -2.01. The molecule has 0 saturated heterocycles. The van der Waals surface area contributed by atoms with Gasteiger partial charge in [-0.2, -0.15) is 0 Å². The quantitative estimate of drug-likeness (QED) is 0.265. The maximum Gasteiger partial charge on any atom is 0.303 e. The van der Waals surface area contributed by atoms with Gasteiger partial charge in [-0.25, -0.2) is 0 Å². The molecule has 3 aromatic carbocycles. The van der Waals surface area contributed by atoms with E-state index in [0.717, 1.165) is 39.2 Å². The molecular formula is C28H29NO4. The maximum atomic E-state index is 10.6. The van der Waals surface area contributed by atoms with E-state index < -0.39 is 5.97 Å². The van der Waals surface area contributed by atoms with Crippen LogP contribution in [0.15, 0.2) is 72.8 Å². The summed E-state index contributed by atoms with van der Waals surface area (Å²) in [5.74, 6) is 1.29. The van der Waals surface area contributed by atoms with E-state index >= 15 is 0 Å². The standard InChI is InChI=1S/C28H29NO4/c1-19(2)21-10-8-20(9-11-21)18-33-27-6-3-5-25-24(27)17-26(29-25)22-12-14-23(15-13-22)32-16-4-7-28(30)31/h3,5-6,8-15,17,19,29H,4,7,16,18H2,1-2H3,(H,30,31). The van der Waals surface area contributed by atoms with Crippen LogP contribution in [0.25, 0.3) is 22.2 Å². The number of hydrogen-bond donors (Lipinski definition) is 2. The second-order valence-corrected chi connectivity index (χ2v) is 8.46. The molecule has 0 bridgehead atoms. The molecule has 33 heavy (non-hydrogen) atoms. The number of aromatic nitrogens is 1. The van der Waals surface area contributed by atoms with E-state index in [1.807, 2.05) is 42.5 Å². The number of ether oxygens (including phenoxy) is 2. The Morgan fingerprint density at radius 2 is 1.73 bits per heavy atom. The van der Waals surface area contributed by atoms with Crippen molar-refractivity contribution in [2.24, 2.45) is 0 Å². The minimum atomic E-state index is -0.805. The monoisotopic (exact) mass is 443 g/mol. The van der Waals surface area contributed by atoms with Crippen LogP contribution >= 0.6 is 0 Å². The van der Waals surface area contributed by atoms with E-state index in [-0.39, 0.29) is 6.42 Å². The molecule has 0 atom stereocenters. The highest BCUT2D eigenvalue weighted by molar-refractivity contribution is 5.90. The van der Waals surface area contributed by atoms with Crippen LogP contribution in [0, 0.1) is 0 Å². The van der Waals surface area contributed by atoms with Crippen LogP contribution in [0.5, 0.6) is 11.5 Å². The van der Waals surface area contributed by atoms with Gasteiger partial charge in [-0.1, -0.05) is 44.2 Å². The Labute approximate surface area is 194 Å². The second-order valence-electron chi connectivity index (χ2n) is 8.46. The first-order valence-electron chi connectivity index (χ1n) is 11.3. The van der Waals surface area contributed by atoms with E-state index in [1.165, 1.54) is 5.56 Å². The lowest BCUT2D eigenvalue weighted by Gasteiger charge is -2.09. The van der Waals surface area contributed by atoms with E-state index in [4.69, 9.17) is 14.6 Å². The lowest BCUT2D eigenvalue weighted by atomic mass is 10.0. The number of carboxylic acid groups (broad SMARTS) is 1. The van der Waals surface area contributed by atoms with Gasteiger partial charge in [-0.15, -0.1) is 0 Å². The number of hydrogen-bond acceptors (Lipinski definition) is 3. The van der Waals surface area contributed by atoms with E-state index in [0.29, 0.717) is 25.6 Å². The SMILES string of the molecule is CC(C)c1ccc(COc2cccc3[nH]c(-c4ccc(OCCCC(=O)O)cc4)cc23)cc1. The van der Waals surface area contributed by atoms with Crippen molar-refractivity contribution in [3.05, 3.63) is 83.9 Å². The summed E-state index contributed by atoms with van der Waals surface area (Å²) in [6, 6.07) is 24.5. The van der Waals surface area contributed by atoms with Gasteiger partial charge in [0.25, 0.3) is 0 Å². The minimum Gasteiger partial charge on any atom is -0.494 e. The van der Waals surface area contributed by atoms with Crippen molar-refractivity contribution in [2.75, 3.05) is 6.61 Å². The van der Waals surface area contributed by atoms with E-state index in [2.05, 4.69) is 49.2 Å². The Morgan fingerprint density at radius 1 is 0.970 bits per heavy atom. The molecule has 0 saturated carbocycles. The summed E-state index contributed by atoms with van der Waals surface area (Å²) in [4.78, 5) is 14.1. The highest BCUT2D eigenvalue weighted by atomic mass is 16.5. The third-order valence-electron chi connectivity index (χ3n) is 5.63. The summed E-state index contributed by atoms with van der Waals surface area (Å²) >= 11 is 0. The predicted molar refractivity (Wildman–Crippen MR) is 131 cm³/mol. The molecule has 0 amide bonds. The molecule has 1 heterocycles. The largest absolute Gasteiger partial charge is 0.494 e. The van der Waals surface area contributed by atoms with Crippen LogP contribution in [0.2, 0.25) is 0 Å². The highest BCUT2D eigenvalue weighted by Crippen LogP contribution is 2.32. The van der Waals surface area contributed by atoms with Crippen LogP contribution in [-0.2, 0) is 11.4 Å². The zero-order valence-corrected chi connectivity index (χ0v) is 19.0. The number of benzene rings is 3. The van der Waals surface area contributed by atoms with Gasteiger partial charge in [-0.3, -0.25) is 4.79 Å². The van der Waals surface area contributed by atoms with Gasteiger partial charge in [0.05, 0.1) is 6.61 Å². The maximum absolute atomic E-state index is 10.6. The zero-order chi connectivity index (χ0) is 23.2. The van der Waals surface area contributed by atoms with Crippen LogP contribution in [-0.4, -0.2) is 22.7 Å². The fourth-order valence-corrected chi connectivity index (χ4v) is 3.71. The van der Waals surface area contributed by atoms with Gasteiger partial charge in [-0.05, 0) is 71.5 Å². The molecule has 2 N–H and O–H groups in total. The Balaban J connectivity index is 1.44. The molecule has 4 rings (SSSR count). The number of carbonyl (C=O) groups is 1. The van der Waals surface area contributed by atoms with Crippen LogP contribution < -0.4 is 9.47 Å². The third kappa shape index (κ3) is 5.75. The molecule has 5 nitrogen and oxygen atoms in total. The predicted octanol–water partition coefficient (Wildman–Crippen LogP) is 6.78. The van der Waals surface area contributed by atoms with Gasteiger partial charge < -0.3 is 19.6 Å². The van der Waals surface area contributed by atoms with Gasteiger partial charge in [0.15, 0.2) is 0 Å². The summed E-state index contributed by atoms with van der Waals surface area (Å²) in [5, 5.41) is 9.75. The molecule has 4 aromatic rings. The molecule has 5 heteroatoms. The zero-order valence-electron chi connectivity index (χ0n) is 19.0. The van der Waals surface area contributed by atoms with Gasteiger partial charge in [0.2, 0.25) is 0 Å². The first-order chi connectivity index (χ1) is 16.0. The van der Waals surface area contributed by atoms with Gasteiger partial charge in [0.1, 0.15) is 18.1 Å². The molecule has 0 unspecified atom stereocenters. The summed E-state index contributed by atoms with van der Waals surface area (Å²) in [5.41, 5.74) is 5.53. The van der Waals surface area contributed by atoms with Gasteiger partial charge >= 0.3 is 5.97 Å². The lowest BCUT2D eigenvalue weighted by molar-refractivity contribution is -0.137. The molecule has 1 aromatic heterocycles. The van der Waals surface area contributed by atoms with Crippen molar-refractivity contribution in [2.45, 2.75) is 39.2 Å². The fraction of sp³-hybridized carbons (Fsp3) is 0.250. The summed E-state index contributed by atoms with van der Waals surface area (Å²) in [7, 11) is 0. The topological polar surface area (TPSA) is 71.5 Å². The summed E-state index contributed by atoms with van der Waals surface area (Å²) in [6.07, 6.45) is 0.602. The Bertz CT molecular complexity index is 1210. The number of nitrogens with one attached hydrogen (secondary N) is 1. The Morgan fingerprint density at radius 3 is 2.42 bits per heavy atom. The number of rotatable bonds is 10. The molecular weight excluding hydrogens is 414 g/mol. The van der Waals surface area contributed by atoms with Crippen molar-refractivity contribution in [1.29, 1.82) is 0 Å². The van der Waals surface area contributed by atoms with Crippen molar-refractivity contribution < 1.29 is 19.4 Å². The normalized spacial score (nSPS) is 11.1. The average molecular weight is 444 g/mol. The van der Waals surface area contributed by atoms with Crippen molar-refractivity contribution >= 4 is 16.9 Å². The van der Waals surface area contributed by atoms with Crippen molar-refractivity contribution in [3.8, 4) is 22.8 Å². The molecule has 0 aliphatic carbocycles. The van der Waals surface area contributed by atoms with Crippen molar-refractivity contribution in [1.82, 2.24) is 4.98 Å². The molecule has 0 aliphatic heterocycles. The average Bonchev–Trinajstić information content (AvgIpc) is 3.26. The number of aliphatic carboxylic acids is 1. The van der Waals surface area contributed by atoms with Gasteiger partial charge in [0, 0.05) is 23.0 Å². The number of H-pyrrole nitrogens is 1. The Hall–Kier alpha value is -3.73. The fourth-order valence-electron chi connectivity index (χ4n) is 3.71. The molecule has 170 valence electrons. The summed E-state index contributed by atoms with van der Waals surface area (Å²) < 4.78 is 11.8. The number of carboxylic acids is 1. The van der Waals surface area contributed by atoms with E-state index in [1.54, 1.807) is 0 Å². The van der Waals surface area contributed by atoms with Crippen LogP contribution in [0.3, 0.4) is 0 Å². The van der Waals surface area contributed by atoms with Crippen LogP contribution in [0.4, 0.5) is 0 Å². The van der Waals surface area contributed by atoms with E-state index in [9.17, 15) is 4.79 Å². The molecule has 0 fully saturated rings. The number of aromatic amines is 1. The highest BCUT2D eigenvalue weighted by Gasteiger charge is 2.09. The van der Waals surface area contributed by atoms with Crippen LogP contribution in [0.1, 0.15) is 43.7 Å². The third-order valence-corrected chi connectivity index (χ3v) is 5.63. The molecule has 0 spiro atoms.